The lowest BCUT2D eigenvalue weighted by Gasteiger charge is -2.32. The Morgan fingerprint density at radius 2 is 2.00 bits per heavy atom. The van der Waals surface area contributed by atoms with Gasteiger partial charge in [-0.3, -0.25) is 9.59 Å². The highest BCUT2D eigenvalue weighted by Gasteiger charge is 2.31. The number of hydrogen-bond donors (Lipinski definition) is 1. The van der Waals surface area contributed by atoms with E-state index in [0.29, 0.717) is 30.4 Å². The summed E-state index contributed by atoms with van der Waals surface area (Å²) < 4.78 is 5.51. The van der Waals surface area contributed by atoms with Gasteiger partial charge in [0, 0.05) is 23.8 Å². The number of amides is 2. The second kappa shape index (κ2) is 8.14. The molecule has 1 fully saturated rings. The highest BCUT2D eigenvalue weighted by molar-refractivity contribution is 6.30. The minimum Gasteiger partial charge on any atom is -0.366 e. The van der Waals surface area contributed by atoms with E-state index in [1.165, 1.54) is 0 Å². The number of hydrogen-bond acceptors (Lipinski definition) is 3. The minimum absolute atomic E-state index is 0.0172. The predicted molar refractivity (Wildman–Crippen MR) is 96.3 cm³/mol. The molecular formula is C19H19ClN2O3. The topological polar surface area (TPSA) is 58.6 Å². The third-order valence-corrected chi connectivity index (χ3v) is 4.20. The van der Waals surface area contributed by atoms with Gasteiger partial charge in [0.05, 0.1) is 13.0 Å². The van der Waals surface area contributed by atoms with Crippen LogP contribution in [0.25, 0.3) is 0 Å². The van der Waals surface area contributed by atoms with Crippen LogP contribution >= 0.6 is 11.6 Å². The number of nitrogens with zero attached hydrogens (tertiary/aromatic N) is 1. The average Bonchev–Trinajstić information content (AvgIpc) is 2.59. The number of carbonyl (C=O) groups excluding carboxylic acids is 2. The summed E-state index contributed by atoms with van der Waals surface area (Å²) in [6, 6.07) is 16.7. The summed E-state index contributed by atoms with van der Waals surface area (Å²) in [5.41, 5.74) is 1.65. The van der Waals surface area contributed by atoms with E-state index in [2.05, 4.69) is 5.32 Å². The summed E-state index contributed by atoms with van der Waals surface area (Å²) in [5, 5.41) is 3.28. The predicted octanol–water partition coefficient (Wildman–Crippen LogP) is 3.10. The lowest BCUT2D eigenvalue weighted by Crippen LogP contribution is -2.48. The third-order valence-electron chi connectivity index (χ3n) is 3.96. The van der Waals surface area contributed by atoms with Crippen LogP contribution in [0.3, 0.4) is 0 Å². The standard InChI is InChI=1S/C19H19ClN2O3/c20-15-7-4-8-16(11-15)21-18(23)12-17-19(24)22(9-10-25-17)13-14-5-2-1-3-6-14/h1-8,11,17H,9-10,12-13H2,(H,21,23)/t17-/m0/s1. The summed E-state index contributed by atoms with van der Waals surface area (Å²) in [5.74, 6) is -0.432. The molecule has 0 bridgehead atoms. The zero-order valence-corrected chi connectivity index (χ0v) is 14.4. The van der Waals surface area contributed by atoms with Crippen molar-refractivity contribution < 1.29 is 14.3 Å². The fourth-order valence-corrected chi connectivity index (χ4v) is 2.93. The van der Waals surface area contributed by atoms with Crippen molar-refractivity contribution in [1.29, 1.82) is 0 Å². The highest BCUT2D eigenvalue weighted by Crippen LogP contribution is 2.17. The summed E-state index contributed by atoms with van der Waals surface area (Å²) in [7, 11) is 0. The van der Waals surface area contributed by atoms with Crippen molar-refractivity contribution in [1.82, 2.24) is 4.90 Å². The molecule has 25 heavy (non-hydrogen) atoms. The van der Waals surface area contributed by atoms with E-state index in [0.717, 1.165) is 5.56 Å². The Morgan fingerprint density at radius 3 is 2.76 bits per heavy atom. The number of nitrogens with one attached hydrogen (secondary N) is 1. The molecule has 2 amide bonds. The number of rotatable bonds is 5. The van der Waals surface area contributed by atoms with Crippen LogP contribution in [0.5, 0.6) is 0 Å². The molecule has 130 valence electrons. The molecule has 6 heteroatoms. The van der Waals surface area contributed by atoms with E-state index in [1.54, 1.807) is 29.2 Å². The first-order valence-corrected chi connectivity index (χ1v) is 8.49. The molecule has 0 aromatic heterocycles. The van der Waals surface area contributed by atoms with Crippen LogP contribution in [0.15, 0.2) is 54.6 Å². The van der Waals surface area contributed by atoms with Gasteiger partial charge in [-0.2, -0.15) is 0 Å². The number of benzene rings is 2. The molecule has 1 atom stereocenters. The van der Waals surface area contributed by atoms with E-state index in [4.69, 9.17) is 16.3 Å². The fourth-order valence-electron chi connectivity index (χ4n) is 2.74. The quantitative estimate of drug-likeness (QED) is 0.893. The van der Waals surface area contributed by atoms with Crippen molar-refractivity contribution in [3.8, 4) is 0 Å². The van der Waals surface area contributed by atoms with Gasteiger partial charge in [-0.05, 0) is 23.8 Å². The van der Waals surface area contributed by atoms with Gasteiger partial charge in [-0.1, -0.05) is 48.0 Å². The maximum absolute atomic E-state index is 12.6. The highest BCUT2D eigenvalue weighted by atomic mass is 35.5. The van der Waals surface area contributed by atoms with Gasteiger partial charge < -0.3 is 15.0 Å². The molecule has 5 nitrogen and oxygen atoms in total. The van der Waals surface area contributed by atoms with Crippen LogP contribution in [0, 0.1) is 0 Å². The average molecular weight is 359 g/mol. The maximum Gasteiger partial charge on any atom is 0.252 e. The number of ether oxygens (including phenoxy) is 1. The molecule has 1 aliphatic rings. The Kier molecular flexibility index (Phi) is 5.68. The Hall–Kier alpha value is -2.37. The first-order chi connectivity index (χ1) is 12.1. The van der Waals surface area contributed by atoms with Crippen molar-refractivity contribution in [3.63, 3.8) is 0 Å². The van der Waals surface area contributed by atoms with E-state index in [1.807, 2.05) is 30.3 Å². The number of anilines is 1. The summed E-state index contributed by atoms with van der Waals surface area (Å²) in [6.45, 7) is 1.48. The minimum atomic E-state index is -0.753. The van der Waals surface area contributed by atoms with Crippen molar-refractivity contribution in [2.24, 2.45) is 0 Å². The zero-order chi connectivity index (χ0) is 17.6. The molecule has 0 aliphatic carbocycles. The Bertz CT molecular complexity index is 751. The van der Waals surface area contributed by atoms with Crippen molar-refractivity contribution in [2.75, 3.05) is 18.5 Å². The van der Waals surface area contributed by atoms with Gasteiger partial charge in [0.15, 0.2) is 0 Å². The Morgan fingerprint density at radius 1 is 1.20 bits per heavy atom. The normalized spacial score (nSPS) is 17.4. The second-order valence-electron chi connectivity index (χ2n) is 5.87. The largest absolute Gasteiger partial charge is 0.366 e. The molecular weight excluding hydrogens is 340 g/mol. The van der Waals surface area contributed by atoms with Crippen molar-refractivity contribution in [3.05, 3.63) is 65.2 Å². The van der Waals surface area contributed by atoms with Crippen LogP contribution in [-0.4, -0.2) is 36.0 Å². The summed E-state index contributed by atoms with van der Waals surface area (Å²) >= 11 is 5.90. The summed E-state index contributed by atoms with van der Waals surface area (Å²) in [6.07, 6.45) is -0.770. The second-order valence-corrected chi connectivity index (χ2v) is 6.30. The Balaban J connectivity index is 1.58. The molecule has 2 aromatic carbocycles. The molecule has 0 unspecified atom stereocenters. The lowest BCUT2D eigenvalue weighted by molar-refractivity contribution is -0.155. The molecule has 2 aromatic rings. The van der Waals surface area contributed by atoms with E-state index >= 15 is 0 Å². The van der Waals surface area contributed by atoms with Crippen LogP contribution < -0.4 is 5.32 Å². The van der Waals surface area contributed by atoms with Crippen LogP contribution in [0.4, 0.5) is 5.69 Å². The van der Waals surface area contributed by atoms with Gasteiger partial charge in [-0.25, -0.2) is 0 Å². The smallest absolute Gasteiger partial charge is 0.252 e. The van der Waals surface area contributed by atoms with Crippen molar-refractivity contribution in [2.45, 2.75) is 19.1 Å². The molecule has 0 spiro atoms. The molecule has 1 aliphatic heterocycles. The molecule has 1 heterocycles. The monoisotopic (exact) mass is 358 g/mol. The van der Waals surface area contributed by atoms with Gasteiger partial charge in [0.25, 0.3) is 5.91 Å². The number of carbonyl (C=O) groups is 2. The molecule has 3 rings (SSSR count). The first-order valence-electron chi connectivity index (χ1n) is 8.11. The fraction of sp³-hybridized carbons (Fsp3) is 0.263. The zero-order valence-electron chi connectivity index (χ0n) is 13.7. The third kappa shape index (κ3) is 4.81. The maximum atomic E-state index is 12.6. The Labute approximate surface area is 151 Å². The first kappa shape index (κ1) is 17.5. The molecule has 1 saturated heterocycles. The van der Waals surface area contributed by atoms with Crippen LogP contribution in [-0.2, 0) is 20.9 Å². The molecule has 0 saturated carbocycles. The number of halogens is 1. The van der Waals surface area contributed by atoms with Gasteiger partial charge in [0.2, 0.25) is 5.91 Å². The summed E-state index contributed by atoms with van der Waals surface area (Å²) in [4.78, 5) is 26.5. The van der Waals surface area contributed by atoms with Gasteiger partial charge in [0.1, 0.15) is 6.10 Å². The molecule has 0 radical (unpaired) electrons. The number of morpholine rings is 1. The van der Waals surface area contributed by atoms with Crippen LogP contribution in [0.2, 0.25) is 5.02 Å². The molecule has 1 N–H and O–H groups in total. The van der Waals surface area contributed by atoms with E-state index in [-0.39, 0.29) is 18.2 Å². The van der Waals surface area contributed by atoms with Crippen LogP contribution in [0.1, 0.15) is 12.0 Å². The SMILES string of the molecule is O=C(C[C@@H]1OCCN(Cc2ccccc2)C1=O)Nc1cccc(Cl)c1. The van der Waals surface area contributed by atoms with Gasteiger partial charge >= 0.3 is 0 Å². The lowest BCUT2D eigenvalue weighted by atomic mass is 10.1. The van der Waals surface area contributed by atoms with E-state index in [9.17, 15) is 9.59 Å². The van der Waals surface area contributed by atoms with Gasteiger partial charge in [-0.15, -0.1) is 0 Å². The van der Waals surface area contributed by atoms with E-state index < -0.39 is 6.10 Å². The van der Waals surface area contributed by atoms with Crippen molar-refractivity contribution >= 4 is 29.1 Å².